The van der Waals surface area contributed by atoms with Gasteiger partial charge >= 0.3 is 0 Å². The number of hydrogen-bond donors (Lipinski definition) is 2. The van der Waals surface area contributed by atoms with Gasteiger partial charge in [-0.05, 0) is 13.8 Å². The fourth-order valence-electron chi connectivity index (χ4n) is 0.992. The first-order chi connectivity index (χ1) is 6.66. The van der Waals surface area contributed by atoms with E-state index in [0.717, 1.165) is 6.26 Å². The summed E-state index contributed by atoms with van der Waals surface area (Å²) in [5.74, 6) is -0.416. The van der Waals surface area contributed by atoms with Crippen LogP contribution in [0.5, 0.6) is 0 Å². The molecule has 0 fully saturated rings. The van der Waals surface area contributed by atoms with Crippen molar-refractivity contribution >= 4 is 15.9 Å². The predicted octanol–water partition coefficient (Wildman–Crippen LogP) is -0.656. The molecule has 0 saturated heterocycles. The van der Waals surface area contributed by atoms with Crippen molar-refractivity contribution in [1.82, 2.24) is 10.0 Å². The van der Waals surface area contributed by atoms with Crippen molar-refractivity contribution in [2.75, 3.05) is 12.8 Å². The molecular formula is C8H15N3O3S. The number of nitrogens with one attached hydrogen (secondary N) is 2. The van der Waals surface area contributed by atoms with Crippen molar-refractivity contribution in [2.45, 2.75) is 25.8 Å². The fourth-order valence-corrected chi connectivity index (χ4v) is 2.07. The van der Waals surface area contributed by atoms with Gasteiger partial charge in [0.05, 0.1) is 12.3 Å². The summed E-state index contributed by atoms with van der Waals surface area (Å²) in [6.07, 6.45) is 0.820. The third kappa shape index (κ3) is 7.90. The zero-order chi connectivity index (χ0) is 12.1. The van der Waals surface area contributed by atoms with Crippen LogP contribution in [0.3, 0.4) is 0 Å². The summed E-state index contributed by atoms with van der Waals surface area (Å²) in [6.45, 7) is 3.42. The van der Waals surface area contributed by atoms with E-state index in [0.29, 0.717) is 0 Å². The van der Waals surface area contributed by atoms with E-state index in [2.05, 4.69) is 10.0 Å². The first kappa shape index (κ1) is 13.9. The van der Waals surface area contributed by atoms with Gasteiger partial charge in [-0.2, -0.15) is 5.26 Å². The minimum atomic E-state index is -3.31. The Labute approximate surface area is 89.7 Å². The maximum absolute atomic E-state index is 10.9. The molecule has 86 valence electrons. The number of carbonyl (C=O) groups is 1. The van der Waals surface area contributed by atoms with E-state index in [1.807, 2.05) is 0 Å². The molecule has 0 radical (unpaired) electrons. The molecule has 0 atom stereocenters. The molecule has 0 aliphatic heterocycles. The number of amides is 1. The lowest BCUT2D eigenvalue weighted by molar-refractivity contribution is -0.120. The summed E-state index contributed by atoms with van der Waals surface area (Å²) in [7, 11) is -3.31. The van der Waals surface area contributed by atoms with Crippen LogP contribution >= 0.6 is 0 Å². The second-order valence-electron chi connectivity index (χ2n) is 3.87. The van der Waals surface area contributed by atoms with Crippen LogP contribution in [-0.4, -0.2) is 32.7 Å². The van der Waals surface area contributed by atoms with Crippen molar-refractivity contribution in [3.8, 4) is 6.07 Å². The summed E-state index contributed by atoms with van der Waals surface area (Å²) < 4.78 is 24.2. The molecule has 0 aromatic heterocycles. The van der Waals surface area contributed by atoms with E-state index in [-0.39, 0.29) is 13.0 Å². The van der Waals surface area contributed by atoms with Gasteiger partial charge in [-0.1, -0.05) is 0 Å². The Morgan fingerprint density at radius 3 is 2.40 bits per heavy atom. The largest absolute Gasteiger partial charge is 0.353 e. The summed E-state index contributed by atoms with van der Waals surface area (Å²) >= 11 is 0. The van der Waals surface area contributed by atoms with Gasteiger partial charge in [-0.25, -0.2) is 13.1 Å². The van der Waals surface area contributed by atoms with E-state index < -0.39 is 21.5 Å². The molecule has 0 aliphatic carbocycles. The predicted molar refractivity (Wildman–Crippen MR) is 55.3 cm³/mol. The minimum Gasteiger partial charge on any atom is -0.353 e. The quantitative estimate of drug-likeness (QED) is 0.658. The number of carbonyl (C=O) groups excluding carboxylic acids is 1. The van der Waals surface area contributed by atoms with Crippen LogP contribution in [0.2, 0.25) is 0 Å². The summed E-state index contributed by atoms with van der Waals surface area (Å²) in [5, 5.41) is 10.7. The highest BCUT2D eigenvalue weighted by Gasteiger charge is 2.22. The molecule has 0 heterocycles. The van der Waals surface area contributed by atoms with Gasteiger partial charge in [0.2, 0.25) is 15.9 Å². The standard InChI is InChI=1S/C8H15N3O3S/c1-8(2,11-15(3,13)14)6-10-7(12)4-5-9/h11H,4,6H2,1-3H3,(H,10,12). The topological polar surface area (TPSA) is 99.1 Å². The average molecular weight is 233 g/mol. The Bertz CT molecular complexity index is 367. The molecule has 0 unspecified atom stereocenters. The lowest BCUT2D eigenvalue weighted by atomic mass is 10.1. The third-order valence-corrected chi connectivity index (χ3v) is 2.35. The maximum atomic E-state index is 10.9. The fraction of sp³-hybridized carbons (Fsp3) is 0.750. The molecule has 0 rings (SSSR count). The number of nitriles is 1. The number of sulfonamides is 1. The monoisotopic (exact) mass is 233 g/mol. The van der Waals surface area contributed by atoms with Gasteiger partial charge in [0.1, 0.15) is 6.42 Å². The van der Waals surface area contributed by atoms with Crippen LogP contribution in [0, 0.1) is 11.3 Å². The summed E-state index contributed by atoms with van der Waals surface area (Å²) in [6, 6.07) is 1.70. The van der Waals surface area contributed by atoms with E-state index in [9.17, 15) is 13.2 Å². The molecule has 0 bridgehead atoms. The van der Waals surface area contributed by atoms with Crippen molar-refractivity contribution in [3.63, 3.8) is 0 Å². The highest BCUT2D eigenvalue weighted by atomic mass is 32.2. The Kier molecular flexibility index (Phi) is 4.71. The number of nitrogens with zero attached hydrogens (tertiary/aromatic N) is 1. The second kappa shape index (κ2) is 5.09. The molecule has 0 spiro atoms. The second-order valence-corrected chi connectivity index (χ2v) is 5.62. The molecule has 0 aliphatic rings. The first-order valence-corrected chi connectivity index (χ1v) is 6.18. The summed E-state index contributed by atoms with van der Waals surface area (Å²) in [4.78, 5) is 10.9. The van der Waals surface area contributed by atoms with E-state index in [1.54, 1.807) is 19.9 Å². The first-order valence-electron chi connectivity index (χ1n) is 4.29. The van der Waals surface area contributed by atoms with Crippen LogP contribution in [0.1, 0.15) is 20.3 Å². The lowest BCUT2D eigenvalue weighted by Crippen LogP contribution is -2.50. The van der Waals surface area contributed by atoms with Crippen LogP contribution in [0.4, 0.5) is 0 Å². The lowest BCUT2D eigenvalue weighted by Gasteiger charge is -2.24. The van der Waals surface area contributed by atoms with Crippen molar-refractivity contribution < 1.29 is 13.2 Å². The van der Waals surface area contributed by atoms with Crippen LogP contribution in [0.15, 0.2) is 0 Å². The normalized spacial score (nSPS) is 11.9. The van der Waals surface area contributed by atoms with Crippen LogP contribution in [0.25, 0.3) is 0 Å². The molecule has 15 heavy (non-hydrogen) atoms. The highest BCUT2D eigenvalue weighted by Crippen LogP contribution is 2.01. The molecule has 1 amide bonds. The van der Waals surface area contributed by atoms with Crippen molar-refractivity contribution in [1.29, 1.82) is 5.26 Å². The average Bonchev–Trinajstić information content (AvgIpc) is 1.97. The number of hydrogen-bond acceptors (Lipinski definition) is 4. The molecule has 7 heteroatoms. The molecule has 6 nitrogen and oxygen atoms in total. The van der Waals surface area contributed by atoms with Gasteiger partial charge < -0.3 is 5.32 Å². The zero-order valence-corrected chi connectivity index (χ0v) is 9.81. The van der Waals surface area contributed by atoms with Crippen molar-refractivity contribution in [3.05, 3.63) is 0 Å². The van der Waals surface area contributed by atoms with Crippen LogP contribution < -0.4 is 10.0 Å². The molecule has 0 aromatic carbocycles. The Balaban J connectivity index is 4.17. The van der Waals surface area contributed by atoms with Gasteiger partial charge in [-0.3, -0.25) is 4.79 Å². The number of rotatable bonds is 5. The molecule has 0 aromatic rings. The maximum Gasteiger partial charge on any atom is 0.234 e. The van der Waals surface area contributed by atoms with Gasteiger partial charge in [0, 0.05) is 12.1 Å². The van der Waals surface area contributed by atoms with Gasteiger partial charge in [0.25, 0.3) is 0 Å². The molecular weight excluding hydrogens is 218 g/mol. The van der Waals surface area contributed by atoms with Gasteiger partial charge in [0.15, 0.2) is 0 Å². The van der Waals surface area contributed by atoms with Gasteiger partial charge in [-0.15, -0.1) is 0 Å². The Morgan fingerprint density at radius 2 is 2.00 bits per heavy atom. The van der Waals surface area contributed by atoms with E-state index in [1.165, 1.54) is 0 Å². The third-order valence-electron chi connectivity index (χ3n) is 1.43. The summed E-state index contributed by atoms with van der Waals surface area (Å²) in [5.41, 5.74) is -0.765. The Morgan fingerprint density at radius 1 is 1.47 bits per heavy atom. The van der Waals surface area contributed by atoms with E-state index >= 15 is 0 Å². The van der Waals surface area contributed by atoms with E-state index in [4.69, 9.17) is 5.26 Å². The highest BCUT2D eigenvalue weighted by molar-refractivity contribution is 7.88. The zero-order valence-electron chi connectivity index (χ0n) is 8.99. The van der Waals surface area contributed by atoms with Crippen LogP contribution in [-0.2, 0) is 14.8 Å². The minimum absolute atomic E-state index is 0.139. The smallest absolute Gasteiger partial charge is 0.234 e. The molecule has 2 N–H and O–H groups in total. The SMILES string of the molecule is CC(C)(CNC(=O)CC#N)NS(C)(=O)=O. The van der Waals surface area contributed by atoms with Crippen molar-refractivity contribution in [2.24, 2.45) is 0 Å². The Hall–Kier alpha value is -1.13. The molecule has 0 saturated carbocycles.